The van der Waals surface area contributed by atoms with E-state index in [1.54, 1.807) is 30.2 Å². The van der Waals surface area contributed by atoms with Crippen molar-refractivity contribution in [1.29, 1.82) is 0 Å². The van der Waals surface area contributed by atoms with Gasteiger partial charge in [-0.2, -0.15) is 15.0 Å². The van der Waals surface area contributed by atoms with Gasteiger partial charge in [-0.15, -0.1) is 0 Å². The molecule has 134 valence electrons. The maximum atomic E-state index is 13.6. The number of rotatable bonds is 7. The van der Waals surface area contributed by atoms with E-state index in [1.807, 2.05) is 36.4 Å². The molecule has 1 N–H and O–H groups in total. The van der Waals surface area contributed by atoms with Gasteiger partial charge in [-0.05, 0) is 36.1 Å². The molecule has 26 heavy (non-hydrogen) atoms. The molecule has 5 nitrogen and oxygen atoms in total. The van der Waals surface area contributed by atoms with Gasteiger partial charge < -0.3 is 5.32 Å². The summed E-state index contributed by atoms with van der Waals surface area (Å²) >= 11 is 0. The summed E-state index contributed by atoms with van der Waals surface area (Å²) in [5.74, 6) is -0.332. The lowest BCUT2D eigenvalue weighted by atomic mass is 10.0. The van der Waals surface area contributed by atoms with Crippen LogP contribution in [0.3, 0.4) is 0 Å². The van der Waals surface area contributed by atoms with E-state index in [0.29, 0.717) is 24.9 Å². The van der Waals surface area contributed by atoms with E-state index in [0.717, 1.165) is 11.1 Å². The van der Waals surface area contributed by atoms with Gasteiger partial charge in [0.15, 0.2) is 0 Å². The van der Waals surface area contributed by atoms with E-state index < -0.39 is 0 Å². The normalized spacial score (nSPS) is 11.9. The van der Waals surface area contributed by atoms with Crippen molar-refractivity contribution in [3.8, 4) is 0 Å². The van der Waals surface area contributed by atoms with Crippen molar-refractivity contribution in [2.24, 2.45) is 0 Å². The number of aromatic nitrogens is 3. The Balaban J connectivity index is 1.64. The van der Waals surface area contributed by atoms with Gasteiger partial charge in [-0.1, -0.05) is 42.5 Å². The third kappa shape index (κ3) is 4.75. The Kier molecular flexibility index (Phi) is 5.73. The summed E-state index contributed by atoms with van der Waals surface area (Å²) in [7, 11) is 0. The summed E-state index contributed by atoms with van der Waals surface area (Å²) < 4.78 is 13.6. The molecule has 0 saturated heterocycles. The van der Waals surface area contributed by atoms with Crippen LogP contribution in [0.5, 0.6) is 0 Å². The summed E-state index contributed by atoms with van der Waals surface area (Å²) in [6.45, 7) is 2.17. The molecule has 2 aromatic carbocycles. The van der Waals surface area contributed by atoms with Crippen LogP contribution in [0, 0.1) is 12.7 Å². The van der Waals surface area contributed by atoms with Crippen LogP contribution >= 0.6 is 0 Å². The summed E-state index contributed by atoms with van der Waals surface area (Å²) in [6.07, 6.45) is 3.99. The topological polar surface area (TPSA) is 59.8 Å². The molecule has 0 aliphatic heterocycles. The maximum Gasteiger partial charge on any atom is 0.220 e. The van der Waals surface area contributed by atoms with Crippen molar-refractivity contribution < 1.29 is 9.18 Å². The zero-order valence-electron chi connectivity index (χ0n) is 14.6. The molecule has 0 radical (unpaired) electrons. The molecule has 1 atom stereocenters. The van der Waals surface area contributed by atoms with Gasteiger partial charge in [-0.3, -0.25) is 4.79 Å². The fourth-order valence-electron chi connectivity index (χ4n) is 2.74. The molecule has 6 heteroatoms. The number of halogens is 1. The highest BCUT2D eigenvalue weighted by Gasteiger charge is 2.16. The fraction of sp³-hybridized carbons (Fsp3) is 0.250. The predicted molar refractivity (Wildman–Crippen MR) is 96.8 cm³/mol. The summed E-state index contributed by atoms with van der Waals surface area (Å²) in [6, 6.07) is 14.6. The van der Waals surface area contributed by atoms with Crippen molar-refractivity contribution in [1.82, 2.24) is 20.3 Å². The van der Waals surface area contributed by atoms with Crippen LogP contribution in [0.2, 0.25) is 0 Å². The largest absolute Gasteiger partial charge is 0.347 e. The summed E-state index contributed by atoms with van der Waals surface area (Å²) in [4.78, 5) is 14.0. The lowest BCUT2D eigenvalue weighted by molar-refractivity contribution is -0.121. The average Bonchev–Trinajstić information content (AvgIpc) is 3.16. The quantitative estimate of drug-likeness (QED) is 0.710. The van der Waals surface area contributed by atoms with Crippen LogP contribution in [0.15, 0.2) is 60.9 Å². The third-order valence-corrected chi connectivity index (χ3v) is 4.23. The molecule has 1 aromatic heterocycles. The summed E-state index contributed by atoms with van der Waals surface area (Å²) in [5.41, 5.74) is 2.40. The lowest BCUT2D eigenvalue weighted by Crippen LogP contribution is -2.32. The van der Waals surface area contributed by atoms with Crippen LogP contribution in [0.1, 0.15) is 29.2 Å². The van der Waals surface area contributed by atoms with Gasteiger partial charge in [0.2, 0.25) is 5.91 Å². The third-order valence-electron chi connectivity index (χ3n) is 4.23. The molecule has 1 unspecified atom stereocenters. The van der Waals surface area contributed by atoms with Crippen molar-refractivity contribution in [2.75, 3.05) is 0 Å². The van der Waals surface area contributed by atoms with Gasteiger partial charge in [0.05, 0.1) is 25.0 Å². The SMILES string of the molecule is Cc1ccc(CCC(=O)NC(Cn2nccn2)c2ccccc2)cc1F. The molecular formula is C20H21FN4O. The van der Waals surface area contributed by atoms with Crippen molar-refractivity contribution >= 4 is 5.91 Å². The van der Waals surface area contributed by atoms with Crippen molar-refractivity contribution in [3.05, 3.63) is 83.4 Å². The minimum atomic E-state index is -0.241. The van der Waals surface area contributed by atoms with E-state index in [4.69, 9.17) is 0 Å². The Morgan fingerprint density at radius 2 is 1.88 bits per heavy atom. The minimum Gasteiger partial charge on any atom is -0.347 e. The molecule has 0 aliphatic carbocycles. The Morgan fingerprint density at radius 3 is 2.58 bits per heavy atom. The van der Waals surface area contributed by atoms with Crippen LogP contribution < -0.4 is 5.32 Å². The fourth-order valence-corrected chi connectivity index (χ4v) is 2.74. The number of carbonyl (C=O) groups excluding carboxylic acids is 1. The highest BCUT2D eigenvalue weighted by Crippen LogP contribution is 2.15. The standard InChI is InChI=1S/C20H21FN4O/c1-15-7-8-16(13-18(15)21)9-10-20(26)24-19(14-25-22-11-12-23-25)17-5-3-2-4-6-17/h2-8,11-13,19H,9-10,14H2,1H3,(H,24,26). The second kappa shape index (κ2) is 8.38. The molecule has 3 aromatic rings. The first-order valence-corrected chi connectivity index (χ1v) is 8.55. The number of nitrogens with zero attached hydrogens (tertiary/aromatic N) is 3. The van der Waals surface area contributed by atoms with Gasteiger partial charge in [0.1, 0.15) is 5.82 Å². The molecular weight excluding hydrogens is 331 g/mol. The Hall–Kier alpha value is -3.02. The molecule has 0 saturated carbocycles. The minimum absolute atomic E-state index is 0.0907. The Bertz CT molecular complexity index is 850. The number of nitrogens with one attached hydrogen (secondary N) is 1. The number of benzene rings is 2. The number of hydrogen-bond acceptors (Lipinski definition) is 3. The van der Waals surface area contributed by atoms with E-state index in [-0.39, 0.29) is 17.8 Å². The number of aryl methyl sites for hydroxylation is 2. The van der Waals surface area contributed by atoms with Gasteiger partial charge in [0.25, 0.3) is 0 Å². The monoisotopic (exact) mass is 352 g/mol. The van der Waals surface area contributed by atoms with Crippen molar-refractivity contribution in [2.45, 2.75) is 32.4 Å². The number of amides is 1. The molecule has 1 heterocycles. The molecule has 0 spiro atoms. The van der Waals surface area contributed by atoms with Gasteiger partial charge >= 0.3 is 0 Å². The average molecular weight is 352 g/mol. The molecule has 3 rings (SSSR count). The second-order valence-electron chi connectivity index (χ2n) is 6.20. The van der Waals surface area contributed by atoms with E-state index in [2.05, 4.69) is 15.5 Å². The molecule has 0 bridgehead atoms. The number of hydrogen-bond donors (Lipinski definition) is 1. The predicted octanol–water partition coefficient (Wildman–Crippen LogP) is 3.22. The van der Waals surface area contributed by atoms with E-state index in [9.17, 15) is 9.18 Å². The first-order chi connectivity index (χ1) is 12.6. The van der Waals surface area contributed by atoms with Gasteiger partial charge in [-0.25, -0.2) is 4.39 Å². The second-order valence-corrected chi connectivity index (χ2v) is 6.20. The van der Waals surface area contributed by atoms with Crippen molar-refractivity contribution in [3.63, 3.8) is 0 Å². The molecule has 0 fully saturated rings. The molecule has 1 amide bonds. The van der Waals surface area contributed by atoms with Crippen LogP contribution in [-0.2, 0) is 17.8 Å². The van der Waals surface area contributed by atoms with Crippen LogP contribution in [-0.4, -0.2) is 20.9 Å². The van der Waals surface area contributed by atoms with E-state index >= 15 is 0 Å². The lowest BCUT2D eigenvalue weighted by Gasteiger charge is -2.19. The van der Waals surface area contributed by atoms with E-state index in [1.165, 1.54) is 6.07 Å². The Labute approximate surface area is 151 Å². The Morgan fingerprint density at radius 1 is 1.15 bits per heavy atom. The smallest absolute Gasteiger partial charge is 0.220 e. The highest BCUT2D eigenvalue weighted by atomic mass is 19.1. The van der Waals surface area contributed by atoms with Gasteiger partial charge in [0, 0.05) is 6.42 Å². The first-order valence-electron chi connectivity index (χ1n) is 8.55. The highest BCUT2D eigenvalue weighted by molar-refractivity contribution is 5.76. The summed E-state index contributed by atoms with van der Waals surface area (Å²) in [5, 5.41) is 11.3. The van der Waals surface area contributed by atoms with Crippen LogP contribution in [0.25, 0.3) is 0 Å². The maximum absolute atomic E-state index is 13.6. The number of carbonyl (C=O) groups is 1. The first kappa shape index (κ1) is 17.8. The van der Waals surface area contributed by atoms with Crippen LogP contribution in [0.4, 0.5) is 4.39 Å². The zero-order chi connectivity index (χ0) is 18.4. The zero-order valence-corrected chi connectivity index (χ0v) is 14.6. The molecule has 0 aliphatic rings.